The third-order valence-corrected chi connectivity index (χ3v) is 9.08. The molecule has 5 aromatic rings. The highest BCUT2D eigenvalue weighted by Crippen LogP contribution is 2.46. The number of rotatable bonds is 5. The molecule has 0 aliphatic heterocycles. The molecule has 4 heterocycles. The smallest absolute Gasteiger partial charge is 0.248 e. The molecule has 0 spiro atoms. The van der Waals surface area contributed by atoms with Gasteiger partial charge in [0.05, 0.1) is 51.3 Å². The van der Waals surface area contributed by atoms with E-state index in [4.69, 9.17) is 4.98 Å². The van der Waals surface area contributed by atoms with E-state index in [-0.39, 0.29) is 36.5 Å². The second-order valence-electron chi connectivity index (χ2n) is 10.8. The number of hydrogen-bond acceptors (Lipinski definition) is 5. The SMILES string of the molecule is Cc1cnn(C)c1-c1cnc2c3ccc(S(C)(=O)=O)cc3n(C(c3ccc(F)cn3)C3CCC(F)(F)CC3)c2c1. The van der Waals surface area contributed by atoms with Gasteiger partial charge in [-0.3, -0.25) is 14.6 Å². The van der Waals surface area contributed by atoms with Crippen LogP contribution < -0.4 is 0 Å². The quantitative estimate of drug-likeness (QED) is 0.251. The molecule has 1 aromatic carbocycles. The Morgan fingerprint density at radius 1 is 1.00 bits per heavy atom. The summed E-state index contributed by atoms with van der Waals surface area (Å²) in [4.78, 5) is 9.33. The normalized spacial score (nSPS) is 17.1. The van der Waals surface area contributed by atoms with E-state index in [2.05, 4.69) is 10.1 Å². The minimum Gasteiger partial charge on any atom is -0.330 e. The highest BCUT2D eigenvalue weighted by Gasteiger charge is 2.40. The van der Waals surface area contributed by atoms with E-state index < -0.39 is 27.6 Å². The molecule has 0 saturated heterocycles. The molecule has 1 unspecified atom stereocenters. The Morgan fingerprint density at radius 3 is 2.38 bits per heavy atom. The number of fused-ring (bicyclic) bond motifs is 3. The Labute approximate surface area is 229 Å². The summed E-state index contributed by atoms with van der Waals surface area (Å²) < 4.78 is 71.3. The first-order valence-corrected chi connectivity index (χ1v) is 14.9. The number of halogens is 3. The predicted octanol–water partition coefficient (Wildman–Crippen LogP) is 6.25. The van der Waals surface area contributed by atoms with Gasteiger partial charge in [-0.15, -0.1) is 0 Å². The molecule has 0 amide bonds. The Hall–Kier alpha value is -3.73. The van der Waals surface area contributed by atoms with Crippen LogP contribution in [0.4, 0.5) is 13.2 Å². The summed E-state index contributed by atoms with van der Waals surface area (Å²) in [5, 5.41) is 5.08. The van der Waals surface area contributed by atoms with E-state index in [1.165, 1.54) is 6.07 Å². The van der Waals surface area contributed by atoms with Crippen LogP contribution in [0.5, 0.6) is 0 Å². The van der Waals surface area contributed by atoms with Gasteiger partial charge in [0, 0.05) is 43.3 Å². The van der Waals surface area contributed by atoms with Gasteiger partial charge in [-0.05, 0) is 67.6 Å². The van der Waals surface area contributed by atoms with Gasteiger partial charge < -0.3 is 4.57 Å². The van der Waals surface area contributed by atoms with Crippen molar-refractivity contribution in [2.24, 2.45) is 13.0 Å². The molecule has 6 rings (SSSR count). The number of aryl methyl sites for hydroxylation is 2. The van der Waals surface area contributed by atoms with E-state index >= 15 is 0 Å². The van der Waals surface area contributed by atoms with Crippen molar-refractivity contribution in [3.8, 4) is 11.3 Å². The van der Waals surface area contributed by atoms with Gasteiger partial charge >= 0.3 is 0 Å². The lowest BCUT2D eigenvalue weighted by atomic mass is 9.80. The summed E-state index contributed by atoms with van der Waals surface area (Å²) in [5.74, 6) is -3.50. The van der Waals surface area contributed by atoms with Crippen molar-refractivity contribution in [1.82, 2.24) is 24.3 Å². The van der Waals surface area contributed by atoms with Crippen molar-refractivity contribution in [2.75, 3.05) is 6.26 Å². The standard InChI is InChI=1S/C29H28F3N5O2S/c1-17-14-35-36(2)27(17)19-12-25-26(34-15-19)22-6-5-21(40(3,38)39)13-24(22)37(25)28(23-7-4-20(30)16-33-23)18-8-10-29(31,32)11-9-18/h4-7,12-16,18,28H,8-11H2,1-3H3. The van der Waals surface area contributed by atoms with E-state index in [1.54, 1.807) is 41.3 Å². The van der Waals surface area contributed by atoms with Crippen LogP contribution in [0.25, 0.3) is 33.2 Å². The first kappa shape index (κ1) is 26.5. The number of pyridine rings is 2. The molecule has 11 heteroatoms. The third kappa shape index (κ3) is 4.55. The molecule has 0 bridgehead atoms. The van der Waals surface area contributed by atoms with E-state index in [9.17, 15) is 21.6 Å². The van der Waals surface area contributed by atoms with Crippen molar-refractivity contribution >= 4 is 31.8 Å². The Morgan fingerprint density at radius 2 is 1.75 bits per heavy atom. The van der Waals surface area contributed by atoms with Crippen LogP contribution in [0.2, 0.25) is 0 Å². The zero-order valence-corrected chi connectivity index (χ0v) is 23.1. The van der Waals surface area contributed by atoms with Crippen LogP contribution in [-0.2, 0) is 16.9 Å². The van der Waals surface area contributed by atoms with Crippen LogP contribution >= 0.6 is 0 Å². The maximum absolute atomic E-state index is 14.3. The second kappa shape index (κ2) is 9.43. The number of aromatic nitrogens is 5. The van der Waals surface area contributed by atoms with Crippen molar-refractivity contribution < 1.29 is 21.6 Å². The van der Waals surface area contributed by atoms with Crippen LogP contribution in [0.3, 0.4) is 0 Å². The maximum Gasteiger partial charge on any atom is 0.248 e. The highest BCUT2D eigenvalue weighted by molar-refractivity contribution is 7.90. The predicted molar refractivity (Wildman–Crippen MR) is 147 cm³/mol. The number of sulfone groups is 1. The Balaban J connectivity index is 1.68. The molecular weight excluding hydrogens is 539 g/mol. The average Bonchev–Trinajstić information content (AvgIpc) is 3.41. The lowest BCUT2D eigenvalue weighted by molar-refractivity contribution is -0.0494. The molecule has 1 saturated carbocycles. The molecule has 1 aliphatic carbocycles. The van der Waals surface area contributed by atoms with Crippen molar-refractivity contribution in [3.05, 3.63) is 72.1 Å². The molecular formula is C29H28F3N5O2S. The number of alkyl halides is 2. The van der Waals surface area contributed by atoms with Crippen LogP contribution in [0, 0.1) is 18.7 Å². The summed E-state index contributed by atoms with van der Waals surface area (Å²) in [5.41, 5.74) is 5.09. The maximum atomic E-state index is 14.3. The van der Waals surface area contributed by atoms with Crippen molar-refractivity contribution in [2.45, 2.75) is 49.5 Å². The number of hydrogen-bond donors (Lipinski definition) is 0. The second-order valence-corrected chi connectivity index (χ2v) is 12.8. The molecule has 0 N–H and O–H groups in total. The van der Waals surface area contributed by atoms with Crippen LogP contribution in [0.15, 0.2) is 59.9 Å². The van der Waals surface area contributed by atoms with Gasteiger partial charge in [-0.2, -0.15) is 5.10 Å². The fourth-order valence-electron chi connectivity index (χ4n) is 6.03. The average molecular weight is 568 g/mol. The summed E-state index contributed by atoms with van der Waals surface area (Å²) in [6.07, 6.45) is 5.73. The fraction of sp³-hybridized carbons (Fsp3) is 0.345. The molecule has 1 aliphatic rings. The van der Waals surface area contributed by atoms with Gasteiger partial charge in [-0.1, -0.05) is 0 Å². The monoisotopic (exact) mass is 567 g/mol. The lowest BCUT2D eigenvalue weighted by Gasteiger charge is -2.35. The Bertz CT molecular complexity index is 1830. The van der Waals surface area contributed by atoms with Crippen molar-refractivity contribution in [3.63, 3.8) is 0 Å². The minimum atomic E-state index is -3.55. The summed E-state index contributed by atoms with van der Waals surface area (Å²) in [6, 6.07) is 9.19. The van der Waals surface area contributed by atoms with Gasteiger partial charge in [0.2, 0.25) is 5.92 Å². The molecule has 1 fully saturated rings. The largest absolute Gasteiger partial charge is 0.330 e. The van der Waals surface area contributed by atoms with E-state index in [0.29, 0.717) is 22.2 Å². The number of benzene rings is 1. The van der Waals surface area contributed by atoms with Crippen LogP contribution in [-0.4, -0.2) is 44.9 Å². The Kier molecular flexibility index (Phi) is 6.25. The molecule has 1 atom stereocenters. The minimum absolute atomic E-state index is 0.132. The van der Waals surface area contributed by atoms with Crippen LogP contribution in [0.1, 0.15) is 43.0 Å². The van der Waals surface area contributed by atoms with Gasteiger partial charge in [0.1, 0.15) is 5.82 Å². The molecule has 0 radical (unpaired) electrons. The molecule has 40 heavy (non-hydrogen) atoms. The summed E-state index contributed by atoms with van der Waals surface area (Å²) >= 11 is 0. The third-order valence-electron chi connectivity index (χ3n) is 7.97. The summed E-state index contributed by atoms with van der Waals surface area (Å²) in [7, 11) is -1.71. The number of nitrogens with zero attached hydrogens (tertiary/aromatic N) is 5. The van der Waals surface area contributed by atoms with Gasteiger partial charge in [-0.25, -0.2) is 21.6 Å². The first-order valence-electron chi connectivity index (χ1n) is 13.0. The highest BCUT2D eigenvalue weighted by atomic mass is 32.2. The molecule has 208 valence electrons. The van der Waals surface area contributed by atoms with Gasteiger partial charge in [0.15, 0.2) is 9.84 Å². The topological polar surface area (TPSA) is 82.7 Å². The first-order chi connectivity index (χ1) is 18.9. The molecule has 4 aromatic heterocycles. The van der Waals surface area contributed by atoms with E-state index in [0.717, 1.165) is 34.7 Å². The summed E-state index contributed by atoms with van der Waals surface area (Å²) in [6.45, 7) is 1.95. The van der Waals surface area contributed by atoms with E-state index in [1.807, 2.05) is 24.6 Å². The zero-order chi connectivity index (χ0) is 28.4. The lowest BCUT2D eigenvalue weighted by Crippen LogP contribution is -2.31. The van der Waals surface area contributed by atoms with Gasteiger partial charge in [0.25, 0.3) is 0 Å². The van der Waals surface area contributed by atoms with Crippen molar-refractivity contribution in [1.29, 1.82) is 0 Å². The fourth-order valence-corrected chi connectivity index (χ4v) is 6.67. The molecule has 7 nitrogen and oxygen atoms in total. The zero-order valence-electron chi connectivity index (χ0n) is 22.3.